The molecule has 5 nitrogen and oxygen atoms in total. The third-order valence-electron chi connectivity index (χ3n) is 1.87. The van der Waals surface area contributed by atoms with Gasteiger partial charge in [0.15, 0.2) is 0 Å². The second kappa shape index (κ2) is 4.18. The van der Waals surface area contributed by atoms with Crippen LogP contribution in [0.1, 0.15) is 5.82 Å². The normalized spacial score (nSPS) is 13.2. The third kappa shape index (κ3) is 2.02. The predicted molar refractivity (Wildman–Crippen MR) is 44.3 cm³/mol. The molecule has 0 aliphatic heterocycles. The van der Waals surface area contributed by atoms with Gasteiger partial charge in [0.25, 0.3) is 0 Å². The summed E-state index contributed by atoms with van der Waals surface area (Å²) in [5, 5.41) is 12.8. The number of aryl methyl sites for hydroxylation is 1. The summed E-state index contributed by atoms with van der Waals surface area (Å²) in [6.45, 7) is 0.576. The number of rotatable bonds is 4. The maximum absolute atomic E-state index is 8.88. The van der Waals surface area contributed by atoms with Crippen molar-refractivity contribution in [1.82, 2.24) is 14.8 Å². The number of aliphatic hydroxyl groups excluding tert-OH is 1. The van der Waals surface area contributed by atoms with Gasteiger partial charge in [-0.1, -0.05) is 0 Å². The van der Waals surface area contributed by atoms with E-state index in [1.807, 2.05) is 7.05 Å². The zero-order chi connectivity index (χ0) is 8.97. The van der Waals surface area contributed by atoms with E-state index in [-0.39, 0.29) is 12.5 Å². The number of hydrogen-bond donors (Lipinski definition) is 2. The number of nitrogens with two attached hydrogens (primary N) is 1. The van der Waals surface area contributed by atoms with Crippen molar-refractivity contribution in [2.75, 3.05) is 13.2 Å². The zero-order valence-electron chi connectivity index (χ0n) is 7.14. The average Bonchev–Trinajstić information content (AvgIpc) is 2.47. The predicted octanol–water partition coefficient (Wildman–Crippen LogP) is -1.08. The van der Waals surface area contributed by atoms with Crippen LogP contribution in [0.2, 0.25) is 0 Å². The summed E-state index contributed by atoms with van der Waals surface area (Å²) < 4.78 is 1.69. The average molecular weight is 170 g/mol. The molecule has 0 spiro atoms. The van der Waals surface area contributed by atoms with Gasteiger partial charge in [0.05, 0.1) is 0 Å². The number of aromatic nitrogens is 3. The molecule has 12 heavy (non-hydrogen) atoms. The Morgan fingerprint density at radius 1 is 1.75 bits per heavy atom. The van der Waals surface area contributed by atoms with Gasteiger partial charge in [-0.05, 0) is 6.54 Å². The largest absolute Gasteiger partial charge is 0.396 e. The molecule has 0 aliphatic carbocycles. The van der Waals surface area contributed by atoms with E-state index >= 15 is 0 Å². The summed E-state index contributed by atoms with van der Waals surface area (Å²) in [5.41, 5.74) is 5.43. The van der Waals surface area contributed by atoms with E-state index in [0.29, 0.717) is 13.0 Å². The van der Waals surface area contributed by atoms with Crippen LogP contribution in [-0.4, -0.2) is 33.0 Å². The Bertz CT molecular complexity index is 231. The smallest absolute Gasteiger partial charge is 0.138 e. The highest BCUT2D eigenvalue weighted by atomic mass is 16.3. The minimum Gasteiger partial charge on any atom is -0.396 e. The highest BCUT2D eigenvalue weighted by Gasteiger charge is 2.09. The van der Waals surface area contributed by atoms with Gasteiger partial charge >= 0.3 is 0 Å². The second-order valence-corrected chi connectivity index (χ2v) is 2.79. The summed E-state index contributed by atoms with van der Waals surface area (Å²) in [5.74, 6) is 0.951. The van der Waals surface area contributed by atoms with Gasteiger partial charge in [-0.3, -0.25) is 4.68 Å². The SMILES string of the molecule is Cn1ncnc1CC(CN)CO. The minimum atomic E-state index is 0.0906. The van der Waals surface area contributed by atoms with Gasteiger partial charge in [-0.15, -0.1) is 0 Å². The maximum atomic E-state index is 8.88. The molecule has 0 fully saturated rings. The van der Waals surface area contributed by atoms with E-state index in [1.165, 1.54) is 6.33 Å². The van der Waals surface area contributed by atoms with E-state index in [2.05, 4.69) is 10.1 Å². The monoisotopic (exact) mass is 170 g/mol. The number of hydrogen-bond acceptors (Lipinski definition) is 4. The molecule has 0 saturated carbocycles. The molecule has 3 N–H and O–H groups in total. The molecule has 0 aliphatic rings. The first kappa shape index (κ1) is 9.15. The Morgan fingerprint density at radius 2 is 2.50 bits per heavy atom. The van der Waals surface area contributed by atoms with Gasteiger partial charge < -0.3 is 10.8 Å². The fourth-order valence-electron chi connectivity index (χ4n) is 0.986. The molecule has 0 bridgehead atoms. The molecule has 1 aromatic rings. The Kier molecular flexibility index (Phi) is 3.19. The molecule has 68 valence electrons. The van der Waals surface area contributed by atoms with Crippen molar-refractivity contribution < 1.29 is 5.11 Å². The molecule has 0 amide bonds. The summed E-state index contributed by atoms with van der Waals surface area (Å²) in [4.78, 5) is 4.04. The summed E-state index contributed by atoms with van der Waals surface area (Å²) in [7, 11) is 1.83. The molecular weight excluding hydrogens is 156 g/mol. The van der Waals surface area contributed by atoms with Crippen LogP contribution in [0.5, 0.6) is 0 Å². The van der Waals surface area contributed by atoms with Crippen molar-refractivity contribution in [3.8, 4) is 0 Å². The third-order valence-corrected chi connectivity index (χ3v) is 1.87. The fourth-order valence-corrected chi connectivity index (χ4v) is 0.986. The molecule has 5 heteroatoms. The molecule has 1 atom stereocenters. The Hall–Kier alpha value is -0.940. The lowest BCUT2D eigenvalue weighted by atomic mass is 10.1. The van der Waals surface area contributed by atoms with Crippen molar-refractivity contribution in [2.45, 2.75) is 6.42 Å². The van der Waals surface area contributed by atoms with Crippen LogP contribution < -0.4 is 5.73 Å². The van der Waals surface area contributed by atoms with Crippen LogP contribution in [0, 0.1) is 5.92 Å². The highest BCUT2D eigenvalue weighted by Crippen LogP contribution is 2.02. The lowest BCUT2D eigenvalue weighted by Crippen LogP contribution is -2.22. The molecule has 0 radical (unpaired) electrons. The highest BCUT2D eigenvalue weighted by molar-refractivity contribution is 4.86. The second-order valence-electron chi connectivity index (χ2n) is 2.79. The Labute approximate surface area is 71.2 Å². The number of nitrogens with zero attached hydrogens (tertiary/aromatic N) is 3. The van der Waals surface area contributed by atoms with Crippen LogP contribution in [-0.2, 0) is 13.5 Å². The van der Waals surface area contributed by atoms with Gasteiger partial charge in [0.1, 0.15) is 12.2 Å². The van der Waals surface area contributed by atoms with E-state index in [9.17, 15) is 0 Å². The van der Waals surface area contributed by atoms with E-state index < -0.39 is 0 Å². The van der Waals surface area contributed by atoms with Crippen molar-refractivity contribution in [3.05, 3.63) is 12.2 Å². The minimum absolute atomic E-state index is 0.0906. The standard InChI is InChI=1S/C7H14N4O/c1-11-7(9-5-10-11)2-6(3-8)4-12/h5-6,12H,2-4,8H2,1H3. The van der Waals surface area contributed by atoms with E-state index in [1.54, 1.807) is 4.68 Å². The lowest BCUT2D eigenvalue weighted by molar-refractivity contribution is 0.227. The zero-order valence-corrected chi connectivity index (χ0v) is 7.14. The molecular formula is C7H14N4O. The molecule has 0 aromatic carbocycles. The summed E-state index contributed by atoms with van der Waals surface area (Å²) >= 11 is 0. The Morgan fingerprint density at radius 3 is 2.92 bits per heavy atom. The van der Waals surface area contributed by atoms with Crippen molar-refractivity contribution in [2.24, 2.45) is 18.7 Å². The summed E-state index contributed by atoms with van der Waals surface area (Å²) in [6.07, 6.45) is 2.18. The van der Waals surface area contributed by atoms with Gasteiger partial charge in [-0.25, -0.2) is 4.98 Å². The van der Waals surface area contributed by atoms with Gasteiger partial charge in [0.2, 0.25) is 0 Å². The topological polar surface area (TPSA) is 77.0 Å². The first-order valence-electron chi connectivity index (χ1n) is 3.91. The van der Waals surface area contributed by atoms with Crippen LogP contribution in [0.25, 0.3) is 0 Å². The van der Waals surface area contributed by atoms with Crippen LogP contribution in [0.4, 0.5) is 0 Å². The van der Waals surface area contributed by atoms with Crippen LogP contribution >= 0.6 is 0 Å². The van der Waals surface area contributed by atoms with Gasteiger partial charge in [-0.2, -0.15) is 5.10 Å². The van der Waals surface area contributed by atoms with Crippen molar-refractivity contribution in [1.29, 1.82) is 0 Å². The number of aliphatic hydroxyl groups is 1. The van der Waals surface area contributed by atoms with Crippen molar-refractivity contribution >= 4 is 0 Å². The van der Waals surface area contributed by atoms with Crippen LogP contribution in [0.15, 0.2) is 6.33 Å². The molecule has 1 aromatic heterocycles. The maximum Gasteiger partial charge on any atom is 0.138 e. The van der Waals surface area contributed by atoms with E-state index in [4.69, 9.17) is 10.8 Å². The fraction of sp³-hybridized carbons (Fsp3) is 0.714. The van der Waals surface area contributed by atoms with Gasteiger partial charge in [0, 0.05) is 26.0 Å². The Balaban J connectivity index is 2.56. The first-order chi connectivity index (χ1) is 5.77. The van der Waals surface area contributed by atoms with Crippen molar-refractivity contribution in [3.63, 3.8) is 0 Å². The molecule has 0 saturated heterocycles. The quantitative estimate of drug-likeness (QED) is 0.603. The molecule has 1 unspecified atom stereocenters. The van der Waals surface area contributed by atoms with Crippen LogP contribution in [0.3, 0.4) is 0 Å². The lowest BCUT2D eigenvalue weighted by Gasteiger charge is -2.09. The first-order valence-corrected chi connectivity index (χ1v) is 3.91. The molecule has 1 rings (SSSR count). The summed E-state index contributed by atoms with van der Waals surface area (Å²) in [6, 6.07) is 0. The van der Waals surface area contributed by atoms with E-state index in [0.717, 1.165) is 5.82 Å². The molecule has 1 heterocycles.